The van der Waals surface area contributed by atoms with Gasteiger partial charge in [-0.05, 0) is 25.1 Å². The zero-order valence-corrected chi connectivity index (χ0v) is 11.1. The highest BCUT2D eigenvalue weighted by Gasteiger charge is 2.30. The van der Waals surface area contributed by atoms with Crippen molar-refractivity contribution in [2.24, 2.45) is 0 Å². The van der Waals surface area contributed by atoms with E-state index in [1.165, 1.54) is 10.4 Å². The van der Waals surface area contributed by atoms with Gasteiger partial charge in [0.1, 0.15) is 4.90 Å². The molecule has 1 aliphatic heterocycles. The van der Waals surface area contributed by atoms with Gasteiger partial charge in [0, 0.05) is 19.6 Å². The third-order valence-corrected chi connectivity index (χ3v) is 5.45. The molecule has 0 spiro atoms. The summed E-state index contributed by atoms with van der Waals surface area (Å²) in [5, 5.41) is 3.42. The molecule has 0 aromatic heterocycles. The molecule has 1 N–H and O–H groups in total. The fourth-order valence-electron chi connectivity index (χ4n) is 1.96. The van der Waals surface area contributed by atoms with Crippen LogP contribution >= 0.6 is 11.6 Å². The molecule has 0 aliphatic carbocycles. The molecule has 94 valence electrons. The van der Waals surface area contributed by atoms with Gasteiger partial charge < -0.3 is 5.32 Å². The number of benzene rings is 1. The maximum atomic E-state index is 12.4. The number of rotatable bonds is 3. The second-order valence-corrected chi connectivity index (χ2v) is 6.47. The van der Waals surface area contributed by atoms with E-state index in [0.29, 0.717) is 6.54 Å². The molecule has 0 bridgehead atoms. The van der Waals surface area contributed by atoms with Crippen LogP contribution in [0, 0.1) is 0 Å². The lowest BCUT2D eigenvalue weighted by Gasteiger charge is -2.23. The number of likely N-dealkylation sites (N-methyl/N-ethyl adjacent to an activating group) is 1. The quantitative estimate of drug-likeness (QED) is 0.905. The SMILES string of the molecule is CN(C1CCNC1)S(=O)(=O)c1ccccc1Cl. The summed E-state index contributed by atoms with van der Waals surface area (Å²) >= 11 is 5.94. The Morgan fingerprint density at radius 3 is 2.71 bits per heavy atom. The highest BCUT2D eigenvalue weighted by molar-refractivity contribution is 7.89. The van der Waals surface area contributed by atoms with E-state index in [9.17, 15) is 8.42 Å². The number of sulfonamides is 1. The molecule has 1 aromatic carbocycles. The van der Waals surface area contributed by atoms with Crippen LogP contribution in [-0.2, 0) is 10.0 Å². The summed E-state index contributed by atoms with van der Waals surface area (Å²) in [6, 6.07) is 6.54. The summed E-state index contributed by atoms with van der Waals surface area (Å²) < 4.78 is 26.1. The van der Waals surface area contributed by atoms with E-state index >= 15 is 0 Å². The predicted octanol–water partition coefficient (Wildman–Crippen LogP) is 1.32. The molecule has 6 heteroatoms. The zero-order valence-electron chi connectivity index (χ0n) is 9.56. The summed E-state index contributed by atoms with van der Waals surface area (Å²) in [6.45, 7) is 1.55. The van der Waals surface area contributed by atoms with Gasteiger partial charge in [-0.25, -0.2) is 8.42 Å². The van der Waals surface area contributed by atoms with E-state index < -0.39 is 10.0 Å². The minimum absolute atomic E-state index is 0.0104. The van der Waals surface area contributed by atoms with Gasteiger partial charge in [0.25, 0.3) is 0 Å². The molecular weight excluding hydrogens is 260 g/mol. The lowest BCUT2D eigenvalue weighted by Crippen LogP contribution is -2.38. The predicted molar refractivity (Wildman–Crippen MR) is 67.7 cm³/mol. The average molecular weight is 275 g/mol. The fraction of sp³-hybridized carbons (Fsp3) is 0.455. The zero-order chi connectivity index (χ0) is 12.5. The third-order valence-electron chi connectivity index (χ3n) is 3.04. The van der Waals surface area contributed by atoms with Crippen molar-refractivity contribution in [3.05, 3.63) is 29.3 Å². The number of halogens is 1. The highest BCUT2D eigenvalue weighted by Crippen LogP contribution is 2.25. The summed E-state index contributed by atoms with van der Waals surface area (Å²) in [6.07, 6.45) is 0.834. The lowest BCUT2D eigenvalue weighted by molar-refractivity contribution is 0.388. The Morgan fingerprint density at radius 2 is 2.12 bits per heavy atom. The van der Waals surface area contributed by atoms with Crippen molar-refractivity contribution in [2.45, 2.75) is 17.4 Å². The minimum atomic E-state index is -3.49. The van der Waals surface area contributed by atoms with E-state index in [1.54, 1.807) is 25.2 Å². The highest BCUT2D eigenvalue weighted by atomic mass is 35.5. The molecule has 4 nitrogen and oxygen atoms in total. The molecule has 1 unspecified atom stereocenters. The normalized spacial score (nSPS) is 21.0. The second kappa shape index (κ2) is 4.94. The molecule has 0 saturated carbocycles. The van der Waals surface area contributed by atoms with Gasteiger partial charge in [0.05, 0.1) is 5.02 Å². The van der Waals surface area contributed by atoms with Crippen LogP contribution in [0.15, 0.2) is 29.2 Å². The Morgan fingerprint density at radius 1 is 1.41 bits per heavy atom. The first-order chi connectivity index (χ1) is 8.03. The maximum Gasteiger partial charge on any atom is 0.244 e. The van der Waals surface area contributed by atoms with Crippen molar-refractivity contribution < 1.29 is 8.42 Å². The van der Waals surface area contributed by atoms with Crippen molar-refractivity contribution in [3.63, 3.8) is 0 Å². The van der Waals surface area contributed by atoms with Gasteiger partial charge in [-0.3, -0.25) is 0 Å². The summed E-state index contributed by atoms with van der Waals surface area (Å²) in [7, 11) is -1.88. The summed E-state index contributed by atoms with van der Waals surface area (Å²) in [4.78, 5) is 0.177. The molecule has 1 atom stereocenters. The van der Waals surface area contributed by atoms with Crippen LogP contribution in [0.4, 0.5) is 0 Å². The van der Waals surface area contributed by atoms with Crippen LogP contribution in [0.1, 0.15) is 6.42 Å². The molecule has 1 heterocycles. The first-order valence-electron chi connectivity index (χ1n) is 5.47. The first kappa shape index (κ1) is 12.8. The van der Waals surface area contributed by atoms with Gasteiger partial charge in [0.2, 0.25) is 10.0 Å². The summed E-state index contributed by atoms with van der Waals surface area (Å²) in [5.74, 6) is 0. The number of nitrogens with zero attached hydrogens (tertiary/aromatic N) is 1. The van der Waals surface area contributed by atoms with E-state index in [-0.39, 0.29) is 16.0 Å². The van der Waals surface area contributed by atoms with Gasteiger partial charge in [-0.15, -0.1) is 0 Å². The Labute approximate surface area is 107 Å². The number of hydrogen-bond acceptors (Lipinski definition) is 3. The van der Waals surface area contributed by atoms with Crippen molar-refractivity contribution >= 4 is 21.6 Å². The van der Waals surface area contributed by atoms with Crippen molar-refractivity contribution in [1.29, 1.82) is 0 Å². The average Bonchev–Trinajstić information content (AvgIpc) is 2.81. The van der Waals surface area contributed by atoms with Gasteiger partial charge in [-0.1, -0.05) is 23.7 Å². The minimum Gasteiger partial charge on any atom is -0.315 e. The lowest BCUT2D eigenvalue weighted by atomic mass is 10.3. The Balaban J connectivity index is 2.33. The standard InChI is InChI=1S/C11H15ClN2O2S/c1-14(9-6-7-13-8-9)17(15,16)11-5-3-2-4-10(11)12/h2-5,9,13H,6-8H2,1H3. The van der Waals surface area contributed by atoms with Gasteiger partial charge in [-0.2, -0.15) is 4.31 Å². The molecule has 0 amide bonds. The van der Waals surface area contributed by atoms with E-state index in [4.69, 9.17) is 11.6 Å². The Kier molecular flexibility index (Phi) is 3.73. The van der Waals surface area contributed by atoms with E-state index in [0.717, 1.165) is 13.0 Å². The number of nitrogens with one attached hydrogen (secondary N) is 1. The van der Waals surface area contributed by atoms with Crippen LogP contribution in [0.25, 0.3) is 0 Å². The maximum absolute atomic E-state index is 12.4. The fourth-order valence-corrected chi connectivity index (χ4v) is 3.83. The van der Waals surface area contributed by atoms with Crippen molar-refractivity contribution in [1.82, 2.24) is 9.62 Å². The topological polar surface area (TPSA) is 49.4 Å². The van der Waals surface area contributed by atoms with Crippen LogP contribution < -0.4 is 5.32 Å². The molecule has 1 aliphatic rings. The second-order valence-electron chi connectivity index (χ2n) is 4.10. The molecule has 17 heavy (non-hydrogen) atoms. The van der Waals surface area contributed by atoms with E-state index in [1.807, 2.05) is 0 Å². The van der Waals surface area contributed by atoms with Crippen LogP contribution in [0.2, 0.25) is 5.02 Å². The monoisotopic (exact) mass is 274 g/mol. The Bertz CT molecular complexity index is 498. The third kappa shape index (κ3) is 2.47. The molecule has 0 radical (unpaired) electrons. The smallest absolute Gasteiger partial charge is 0.244 e. The Hall–Kier alpha value is -0.620. The van der Waals surface area contributed by atoms with E-state index in [2.05, 4.69) is 5.32 Å². The molecular formula is C11H15ClN2O2S. The van der Waals surface area contributed by atoms with Gasteiger partial charge in [0.15, 0.2) is 0 Å². The van der Waals surface area contributed by atoms with Crippen LogP contribution in [0.3, 0.4) is 0 Å². The molecule has 1 saturated heterocycles. The van der Waals surface area contributed by atoms with Crippen molar-refractivity contribution in [2.75, 3.05) is 20.1 Å². The largest absolute Gasteiger partial charge is 0.315 e. The summed E-state index contributed by atoms with van der Waals surface area (Å²) in [5.41, 5.74) is 0. The number of hydrogen-bond donors (Lipinski definition) is 1. The molecule has 2 rings (SSSR count). The molecule has 1 fully saturated rings. The van der Waals surface area contributed by atoms with Crippen molar-refractivity contribution in [3.8, 4) is 0 Å². The van der Waals surface area contributed by atoms with Gasteiger partial charge >= 0.3 is 0 Å². The van der Waals surface area contributed by atoms with Crippen LogP contribution in [-0.4, -0.2) is 38.9 Å². The first-order valence-corrected chi connectivity index (χ1v) is 7.28. The molecule has 1 aromatic rings. The van der Waals surface area contributed by atoms with Crippen LogP contribution in [0.5, 0.6) is 0 Å².